The number of nitrogens with one attached hydrogen (secondary N) is 1. The molecule has 0 spiro atoms. The first-order valence-electron chi connectivity index (χ1n) is 5.54. The Hall–Kier alpha value is -0.630. The zero-order valence-corrected chi connectivity index (χ0v) is 10.8. The predicted octanol–water partition coefficient (Wildman–Crippen LogP) is 3.86. The molecule has 2 heteroatoms. The second-order valence-electron chi connectivity index (χ2n) is 3.95. The fraction of sp³-hybridized carbons (Fsp3) is 0.538. The number of hydrogen-bond donors (Lipinski definition) is 1. The normalized spacial score (nSPS) is 10.3. The average molecular weight is 223 g/mol. The molecule has 0 bridgehead atoms. The van der Waals surface area contributed by atoms with E-state index >= 15 is 0 Å². The molecule has 1 nitrogen and oxygen atoms in total. The van der Waals surface area contributed by atoms with Gasteiger partial charge in [0.05, 0.1) is 0 Å². The summed E-state index contributed by atoms with van der Waals surface area (Å²) in [7, 11) is 0. The Labute approximate surface area is 97.7 Å². The van der Waals surface area contributed by atoms with Crippen LogP contribution in [0, 0.1) is 13.8 Å². The minimum absolute atomic E-state index is 1.09. The molecule has 0 saturated heterocycles. The summed E-state index contributed by atoms with van der Waals surface area (Å²) in [6.07, 6.45) is 4.73. The summed E-state index contributed by atoms with van der Waals surface area (Å²) in [6.45, 7) is 5.39. The first-order chi connectivity index (χ1) is 7.24. The number of aryl methyl sites for hydroxylation is 2. The predicted molar refractivity (Wildman–Crippen MR) is 72.0 cm³/mol. The molecular formula is C13H21NS. The van der Waals surface area contributed by atoms with Crippen LogP contribution in [-0.4, -0.2) is 18.6 Å². The molecule has 0 radical (unpaired) electrons. The van der Waals surface area contributed by atoms with Gasteiger partial charge in [0.15, 0.2) is 0 Å². The standard InChI is InChI=1S/C13H21NS/c1-11-6-7-13(12(2)10-11)14-8-4-5-9-15-3/h6-7,10,14H,4-5,8-9H2,1-3H3. The van der Waals surface area contributed by atoms with Crippen molar-refractivity contribution in [2.45, 2.75) is 26.7 Å². The van der Waals surface area contributed by atoms with E-state index in [4.69, 9.17) is 0 Å². The third-order valence-electron chi connectivity index (χ3n) is 2.47. The van der Waals surface area contributed by atoms with Gasteiger partial charge >= 0.3 is 0 Å². The SMILES string of the molecule is CSCCCCNc1ccc(C)cc1C. The van der Waals surface area contributed by atoms with Gasteiger partial charge in [0.2, 0.25) is 0 Å². The van der Waals surface area contributed by atoms with E-state index in [9.17, 15) is 0 Å². The van der Waals surface area contributed by atoms with Crippen LogP contribution in [0.1, 0.15) is 24.0 Å². The average Bonchev–Trinajstić information content (AvgIpc) is 2.20. The maximum Gasteiger partial charge on any atom is 0.0370 e. The van der Waals surface area contributed by atoms with Crippen molar-refractivity contribution in [2.24, 2.45) is 0 Å². The minimum atomic E-state index is 1.09. The van der Waals surface area contributed by atoms with Crippen molar-refractivity contribution in [3.05, 3.63) is 29.3 Å². The first-order valence-corrected chi connectivity index (χ1v) is 6.93. The van der Waals surface area contributed by atoms with Crippen LogP contribution in [0.2, 0.25) is 0 Å². The van der Waals surface area contributed by atoms with Gasteiger partial charge < -0.3 is 5.32 Å². The van der Waals surface area contributed by atoms with Crippen molar-refractivity contribution in [3.8, 4) is 0 Å². The summed E-state index contributed by atoms with van der Waals surface area (Å²) < 4.78 is 0. The molecule has 0 aliphatic carbocycles. The molecular weight excluding hydrogens is 202 g/mol. The number of hydrogen-bond acceptors (Lipinski definition) is 2. The molecule has 0 aromatic heterocycles. The van der Waals surface area contributed by atoms with Crippen molar-refractivity contribution < 1.29 is 0 Å². The van der Waals surface area contributed by atoms with E-state index in [1.54, 1.807) is 0 Å². The van der Waals surface area contributed by atoms with Gasteiger partial charge in [-0.25, -0.2) is 0 Å². The molecule has 15 heavy (non-hydrogen) atoms. The molecule has 0 fully saturated rings. The van der Waals surface area contributed by atoms with Crippen LogP contribution < -0.4 is 5.32 Å². The van der Waals surface area contributed by atoms with Gasteiger partial charge in [-0.05, 0) is 50.3 Å². The van der Waals surface area contributed by atoms with Crippen LogP contribution in [0.25, 0.3) is 0 Å². The number of thioether (sulfide) groups is 1. The fourth-order valence-corrected chi connectivity index (χ4v) is 2.10. The molecule has 0 aliphatic heterocycles. The zero-order chi connectivity index (χ0) is 11.1. The number of anilines is 1. The van der Waals surface area contributed by atoms with Gasteiger partial charge in [0.25, 0.3) is 0 Å². The molecule has 1 N–H and O–H groups in total. The Balaban J connectivity index is 2.31. The van der Waals surface area contributed by atoms with Gasteiger partial charge in [0, 0.05) is 12.2 Å². The van der Waals surface area contributed by atoms with Gasteiger partial charge in [-0.1, -0.05) is 17.7 Å². The highest BCUT2D eigenvalue weighted by Crippen LogP contribution is 2.15. The maximum atomic E-state index is 3.49. The van der Waals surface area contributed by atoms with Crippen LogP contribution >= 0.6 is 11.8 Å². The third-order valence-corrected chi connectivity index (χ3v) is 3.17. The fourth-order valence-electron chi connectivity index (χ4n) is 1.61. The van der Waals surface area contributed by atoms with Crippen molar-refractivity contribution >= 4 is 17.4 Å². The Morgan fingerprint density at radius 2 is 2.00 bits per heavy atom. The largest absolute Gasteiger partial charge is 0.385 e. The smallest absolute Gasteiger partial charge is 0.0370 e. The summed E-state index contributed by atoms with van der Waals surface area (Å²) in [5.74, 6) is 1.27. The van der Waals surface area contributed by atoms with E-state index in [-0.39, 0.29) is 0 Å². The second-order valence-corrected chi connectivity index (χ2v) is 4.93. The second kappa shape index (κ2) is 6.78. The lowest BCUT2D eigenvalue weighted by Gasteiger charge is -2.09. The highest BCUT2D eigenvalue weighted by atomic mass is 32.2. The first kappa shape index (κ1) is 12.4. The van der Waals surface area contributed by atoms with Crippen LogP contribution in [-0.2, 0) is 0 Å². The molecule has 0 aliphatic rings. The Morgan fingerprint density at radius 3 is 2.67 bits per heavy atom. The zero-order valence-electron chi connectivity index (χ0n) is 9.97. The van der Waals surface area contributed by atoms with Crippen LogP contribution in [0.5, 0.6) is 0 Å². The number of unbranched alkanes of at least 4 members (excludes halogenated alkanes) is 1. The molecule has 1 aromatic rings. The summed E-state index contributed by atoms with van der Waals surface area (Å²) in [5.41, 5.74) is 3.96. The van der Waals surface area contributed by atoms with Crippen molar-refractivity contribution in [2.75, 3.05) is 23.9 Å². The molecule has 0 amide bonds. The highest BCUT2D eigenvalue weighted by Gasteiger charge is 1.96. The maximum absolute atomic E-state index is 3.49. The van der Waals surface area contributed by atoms with Crippen LogP contribution in [0.15, 0.2) is 18.2 Å². The van der Waals surface area contributed by atoms with Crippen molar-refractivity contribution in [1.29, 1.82) is 0 Å². The molecule has 0 unspecified atom stereocenters. The van der Waals surface area contributed by atoms with Gasteiger partial charge in [-0.2, -0.15) is 11.8 Å². The molecule has 0 atom stereocenters. The summed E-state index contributed by atoms with van der Waals surface area (Å²) in [6, 6.07) is 6.57. The van der Waals surface area contributed by atoms with Gasteiger partial charge in [0.1, 0.15) is 0 Å². The van der Waals surface area contributed by atoms with E-state index in [2.05, 4.69) is 43.6 Å². The molecule has 0 heterocycles. The number of rotatable bonds is 6. The monoisotopic (exact) mass is 223 g/mol. The molecule has 1 rings (SSSR count). The summed E-state index contributed by atoms with van der Waals surface area (Å²) >= 11 is 1.93. The highest BCUT2D eigenvalue weighted by molar-refractivity contribution is 7.98. The lowest BCUT2D eigenvalue weighted by molar-refractivity contribution is 0.842. The van der Waals surface area contributed by atoms with Crippen LogP contribution in [0.3, 0.4) is 0 Å². The Kier molecular flexibility index (Phi) is 5.62. The number of benzene rings is 1. The van der Waals surface area contributed by atoms with E-state index in [1.807, 2.05) is 11.8 Å². The van der Waals surface area contributed by atoms with E-state index < -0.39 is 0 Å². The minimum Gasteiger partial charge on any atom is -0.385 e. The molecule has 1 aromatic carbocycles. The van der Waals surface area contributed by atoms with E-state index in [0.717, 1.165) is 6.54 Å². The summed E-state index contributed by atoms with van der Waals surface area (Å²) in [5, 5.41) is 3.49. The van der Waals surface area contributed by atoms with Gasteiger partial charge in [-0.3, -0.25) is 0 Å². The van der Waals surface area contributed by atoms with E-state index in [1.165, 1.54) is 35.4 Å². The quantitative estimate of drug-likeness (QED) is 0.735. The summed E-state index contributed by atoms with van der Waals surface area (Å²) in [4.78, 5) is 0. The lowest BCUT2D eigenvalue weighted by atomic mass is 10.1. The van der Waals surface area contributed by atoms with Crippen molar-refractivity contribution in [3.63, 3.8) is 0 Å². The van der Waals surface area contributed by atoms with Gasteiger partial charge in [-0.15, -0.1) is 0 Å². The van der Waals surface area contributed by atoms with Crippen LogP contribution in [0.4, 0.5) is 5.69 Å². The third kappa shape index (κ3) is 4.61. The Morgan fingerprint density at radius 1 is 1.20 bits per heavy atom. The molecule has 84 valence electrons. The molecule has 0 saturated carbocycles. The topological polar surface area (TPSA) is 12.0 Å². The lowest BCUT2D eigenvalue weighted by Crippen LogP contribution is -2.03. The Bertz CT molecular complexity index is 297. The van der Waals surface area contributed by atoms with E-state index in [0.29, 0.717) is 0 Å². The van der Waals surface area contributed by atoms with Crippen molar-refractivity contribution in [1.82, 2.24) is 0 Å².